The van der Waals surface area contributed by atoms with E-state index >= 15 is 0 Å². The Morgan fingerprint density at radius 1 is 1.19 bits per heavy atom. The lowest BCUT2D eigenvalue weighted by molar-refractivity contribution is 0.626. The highest BCUT2D eigenvalue weighted by atomic mass is 19.1. The fraction of sp³-hybridized carbons (Fsp3) is 0.333. The van der Waals surface area contributed by atoms with Crippen molar-refractivity contribution in [3.63, 3.8) is 0 Å². The van der Waals surface area contributed by atoms with Gasteiger partial charge in [0.1, 0.15) is 5.82 Å². The summed E-state index contributed by atoms with van der Waals surface area (Å²) in [5, 5.41) is 0. The van der Waals surface area contributed by atoms with Crippen molar-refractivity contribution in [1.82, 2.24) is 0 Å². The highest BCUT2D eigenvalue weighted by Crippen LogP contribution is 2.30. The molecule has 1 aliphatic heterocycles. The summed E-state index contributed by atoms with van der Waals surface area (Å²) < 4.78 is 13.4. The number of halogens is 1. The lowest BCUT2D eigenvalue weighted by Crippen LogP contribution is -2.30. The first-order valence-electron chi connectivity index (χ1n) is 7.55. The number of anilines is 1. The van der Waals surface area contributed by atoms with E-state index in [0.717, 1.165) is 37.2 Å². The summed E-state index contributed by atoms with van der Waals surface area (Å²) >= 11 is 0. The van der Waals surface area contributed by atoms with Crippen molar-refractivity contribution >= 4 is 5.69 Å². The lowest BCUT2D eigenvalue weighted by Gasteiger charge is -2.24. The van der Waals surface area contributed by atoms with Crippen molar-refractivity contribution in [3.8, 4) is 0 Å². The topological polar surface area (TPSA) is 29.3 Å². The molecular formula is C18H21FN2. The van der Waals surface area contributed by atoms with E-state index in [1.807, 2.05) is 6.07 Å². The predicted molar refractivity (Wildman–Crippen MR) is 85.1 cm³/mol. The second kappa shape index (κ2) is 5.86. The standard InChI is InChI=1S/C18H21FN2/c1-2-13-3-5-14(6-4-13)17(20)12-21-10-9-15-7-8-16(19)11-18(15)21/h3-8,11,17H,2,9-10,12,20H2,1H3. The van der Waals surface area contributed by atoms with Gasteiger partial charge in [-0.15, -0.1) is 0 Å². The summed E-state index contributed by atoms with van der Waals surface area (Å²) in [5.41, 5.74) is 11.0. The fourth-order valence-corrected chi connectivity index (χ4v) is 2.95. The van der Waals surface area contributed by atoms with E-state index in [2.05, 4.69) is 36.1 Å². The molecule has 1 unspecified atom stereocenters. The van der Waals surface area contributed by atoms with Crippen molar-refractivity contribution in [3.05, 3.63) is 65.0 Å². The molecular weight excluding hydrogens is 263 g/mol. The molecule has 1 aliphatic rings. The molecule has 2 aromatic rings. The summed E-state index contributed by atoms with van der Waals surface area (Å²) in [6.45, 7) is 3.78. The minimum Gasteiger partial charge on any atom is -0.369 e. The summed E-state index contributed by atoms with van der Waals surface area (Å²) in [4.78, 5) is 2.19. The van der Waals surface area contributed by atoms with Crippen molar-refractivity contribution in [2.45, 2.75) is 25.8 Å². The van der Waals surface area contributed by atoms with Crippen LogP contribution in [0, 0.1) is 5.82 Å². The summed E-state index contributed by atoms with van der Waals surface area (Å²) in [6.07, 6.45) is 2.01. The largest absolute Gasteiger partial charge is 0.369 e. The molecule has 0 radical (unpaired) electrons. The Bertz CT molecular complexity index is 622. The molecule has 3 rings (SSSR count). The Kier molecular flexibility index (Phi) is 3.93. The molecule has 1 heterocycles. The molecule has 0 aromatic heterocycles. The number of hydrogen-bond donors (Lipinski definition) is 1. The SMILES string of the molecule is CCc1ccc(C(N)CN2CCc3ccc(F)cc32)cc1. The van der Waals surface area contributed by atoms with Crippen LogP contribution in [-0.4, -0.2) is 13.1 Å². The van der Waals surface area contributed by atoms with Crippen LogP contribution >= 0.6 is 0 Å². The molecule has 0 aliphatic carbocycles. The van der Waals surface area contributed by atoms with Crippen LogP contribution in [-0.2, 0) is 12.8 Å². The quantitative estimate of drug-likeness (QED) is 0.931. The van der Waals surface area contributed by atoms with Crippen molar-refractivity contribution in [1.29, 1.82) is 0 Å². The molecule has 3 heteroatoms. The number of aryl methyl sites for hydroxylation is 1. The summed E-state index contributed by atoms with van der Waals surface area (Å²) in [7, 11) is 0. The van der Waals surface area contributed by atoms with E-state index < -0.39 is 0 Å². The van der Waals surface area contributed by atoms with Gasteiger partial charge in [-0.05, 0) is 41.7 Å². The van der Waals surface area contributed by atoms with E-state index in [1.165, 1.54) is 17.2 Å². The molecule has 0 saturated carbocycles. The Hall–Kier alpha value is -1.87. The average molecular weight is 284 g/mol. The maximum absolute atomic E-state index is 13.4. The van der Waals surface area contributed by atoms with Gasteiger partial charge in [0.2, 0.25) is 0 Å². The van der Waals surface area contributed by atoms with E-state index in [4.69, 9.17) is 5.73 Å². The van der Waals surface area contributed by atoms with Crippen LogP contribution in [0.15, 0.2) is 42.5 Å². The fourth-order valence-electron chi connectivity index (χ4n) is 2.95. The van der Waals surface area contributed by atoms with Gasteiger partial charge in [-0.3, -0.25) is 0 Å². The van der Waals surface area contributed by atoms with Gasteiger partial charge < -0.3 is 10.6 Å². The highest BCUT2D eigenvalue weighted by molar-refractivity contribution is 5.58. The molecule has 21 heavy (non-hydrogen) atoms. The first-order chi connectivity index (χ1) is 10.2. The number of nitrogens with zero attached hydrogens (tertiary/aromatic N) is 1. The van der Waals surface area contributed by atoms with Crippen LogP contribution < -0.4 is 10.6 Å². The number of rotatable bonds is 4. The van der Waals surface area contributed by atoms with Crippen LogP contribution in [0.25, 0.3) is 0 Å². The summed E-state index contributed by atoms with van der Waals surface area (Å²) in [5.74, 6) is -0.179. The second-order valence-corrected chi connectivity index (χ2v) is 5.67. The Morgan fingerprint density at radius 3 is 2.67 bits per heavy atom. The molecule has 0 amide bonds. The van der Waals surface area contributed by atoms with Crippen LogP contribution in [0.3, 0.4) is 0 Å². The molecule has 0 saturated heterocycles. The van der Waals surface area contributed by atoms with E-state index in [1.54, 1.807) is 6.07 Å². The molecule has 2 nitrogen and oxygen atoms in total. The Balaban J connectivity index is 1.74. The summed E-state index contributed by atoms with van der Waals surface area (Å²) in [6, 6.07) is 13.5. The van der Waals surface area contributed by atoms with Gasteiger partial charge in [-0.1, -0.05) is 37.3 Å². The first-order valence-corrected chi connectivity index (χ1v) is 7.55. The lowest BCUT2D eigenvalue weighted by atomic mass is 10.0. The van der Waals surface area contributed by atoms with Gasteiger partial charge >= 0.3 is 0 Å². The van der Waals surface area contributed by atoms with E-state index in [-0.39, 0.29) is 11.9 Å². The van der Waals surface area contributed by atoms with Crippen LogP contribution in [0.5, 0.6) is 0 Å². The van der Waals surface area contributed by atoms with Crippen LogP contribution in [0.1, 0.15) is 29.7 Å². The number of nitrogens with two attached hydrogens (primary N) is 1. The minimum absolute atomic E-state index is 0.0508. The third kappa shape index (κ3) is 2.93. The average Bonchev–Trinajstić information content (AvgIpc) is 2.89. The normalized spacial score (nSPS) is 15.1. The van der Waals surface area contributed by atoms with Crippen molar-refractivity contribution in [2.24, 2.45) is 5.73 Å². The van der Waals surface area contributed by atoms with Crippen LogP contribution in [0.4, 0.5) is 10.1 Å². The van der Waals surface area contributed by atoms with Crippen LogP contribution in [0.2, 0.25) is 0 Å². The zero-order valence-electron chi connectivity index (χ0n) is 12.3. The maximum Gasteiger partial charge on any atom is 0.125 e. The highest BCUT2D eigenvalue weighted by Gasteiger charge is 2.21. The smallest absolute Gasteiger partial charge is 0.125 e. The van der Waals surface area contributed by atoms with Gasteiger partial charge in [-0.2, -0.15) is 0 Å². The molecule has 0 bridgehead atoms. The molecule has 110 valence electrons. The van der Waals surface area contributed by atoms with Crippen molar-refractivity contribution < 1.29 is 4.39 Å². The van der Waals surface area contributed by atoms with E-state index in [9.17, 15) is 4.39 Å². The predicted octanol–water partition coefficient (Wildman–Crippen LogP) is 3.45. The van der Waals surface area contributed by atoms with E-state index in [0.29, 0.717) is 0 Å². The maximum atomic E-state index is 13.4. The van der Waals surface area contributed by atoms with Gasteiger partial charge in [0, 0.05) is 24.8 Å². The zero-order chi connectivity index (χ0) is 14.8. The Morgan fingerprint density at radius 2 is 1.95 bits per heavy atom. The number of benzene rings is 2. The minimum atomic E-state index is -0.179. The number of fused-ring (bicyclic) bond motifs is 1. The second-order valence-electron chi connectivity index (χ2n) is 5.67. The molecule has 1 atom stereocenters. The van der Waals surface area contributed by atoms with Gasteiger partial charge in [-0.25, -0.2) is 4.39 Å². The zero-order valence-corrected chi connectivity index (χ0v) is 12.3. The third-order valence-electron chi connectivity index (χ3n) is 4.27. The number of hydrogen-bond acceptors (Lipinski definition) is 2. The Labute approximate surface area is 125 Å². The van der Waals surface area contributed by atoms with Gasteiger partial charge in [0.25, 0.3) is 0 Å². The monoisotopic (exact) mass is 284 g/mol. The third-order valence-corrected chi connectivity index (χ3v) is 4.27. The molecule has 2 N–H and O–H groups in total. The van der Waals surface area contributed by atoms with Gasteiger partial charge in [0.15, 0.2) is 0 Å². The molecule has 0 fully saturated rings. The first kappa shape index (κ1) is 14.1. The molecule has 0 spiro atoms. The van der Waals surface area contributed by atoms with Gasteiger partial charge in [0.05, 0.1) is 0 Å². The molecule has 2 aromatic carbocycles. The van der Waals surface area contributed by atoms with Crippen molar-refractivity contribution in [2.75, 3.05) is 18.0 Å².